The van der Waals surface area contributed by atoms with Gasteiger partial charge in [0.25, 0.3) is 0 Å². The van der Waals surface area contributed by atoms with Crippen molar-refractivity contribution in [2.45, 2.75) is 19.3 Å². The molecule has 2 aliphatic rings. The Morgan fingerprint density at radius 2 is 2.12 bits per heavy atom. The van der Waals surface area contributed by atoms with E-state index < -0.39 is 0 Å². The average Bonchev–Trinajstić information content (AvgIpc) is 2.28. The highest BCUT2D eigenvalue weighted by Gasteiger charge is 2.18. The van der Waals surface area contributed by atoms with E-state index in [1.54, 1.807) is 0 Å². The molecule has 0 aromatic rings. The number of nitrogens with zero attached hydrogens (tertiary/aromatic N) is 1. The molecule has 0 spiro atoms. The molecule has 1 atom stereocenters. The third-order valence-electron chi connectivity index (χ3n) is 3.37. The molecule has 0 aromatic heterocycles. The van der Waals surface area contributed by atoms with E-state index >= 15 is 0 Å². The molecule has 0 saturated carbocycles. The van der Waals surface area contributed by atoms with Gasteiger partial charge in [-0.3, -0.25) is 9.69 Å². The van der Waals surface area contributed by atoms with Crippen LogP contribution in [0.1, 0.15) is 19.3 Å². The molecule has 0 radical (unpaired) electrons. The summed E-state index contributed by atoms with van der Waals surface area (Å²) in [7, 11) is 0. The van der Waals surface area contributed by atoms with Crippen LogP contribution in [-0.4, -0.2) is 50.1 Å². The number of piperazine rings is 1. The summed E-state index contributed by atoms with van der Waals surface area (Å²) in [6.45, 7) is 5.87. The molecular weight excluding hydrogens is 261 g/mol. The van der Waals surface area contributed by atoms with Gasteiger partial charge in [-0.25, -0.2) is 0 Å². The second-order valence-corrected chi connectivity index (χ2v) is 4.63. The normalized spacial score (nSPS) is 25.4. The van der Waals surface area contributed by atoms with Gasteiger partial charge in [0.1, 0.15) is 0 Å². The van der Waals surface area contributed by atoms with E-state index in [1.165, 1.54) is 32.4 Å². The zero-order valence-electron chi connectivity index (χ0n) is 10.1. The van der Waals surface area contributed by atoms with Crippen LogP contribution in [0.3, 0.4) is 0 Å². The van der Waals surface area contributed by atoms with Gasteiger partial charge in [0.2, 0.25) is 5.91 Å². The van der Waals surface area contributed by atoms with Crippen LogP contribution in [0.15, 0.2) is 0 Å². The molecular formula is C11H23Cl2N3O. The number of nitrogens with one attached hydrogen (secondary N) is 2. The van der Waals surface area contributed by atoms with Crippen molar-refractivity contribution in [3.05, 3.63) is 0 Å². The Bertz CT molecular complexity index is 223. The van der Waals surface area contributed by atoms with Crippen LogP contribution < -0.4 is 10.6 Å². The molecule has 6 heteroatoms. The van der Waals surface area contributed by atoms with Gasteiger partial charge in [-0.2, -0.15) is 0 Å². The van der Waals surface area contributed by atoms with Gasteiger partial charge in [0.15, 0.2) is 0 Å². The number of hydrogen-bond acceptors (Lipinski definition) is 3. The summed E-state index contributed by atoms with van der Waals surface area (Å²) in [5, 5.41) is 6.29. The molecule has 17 heavy (non-hydrogen) atoms. The van der Waals surface area contributed by atoms with Gasteiger partial charge in [0, 0.05) is 13.1 Å². The van der Waals surface area contributed by atoms with Crippen molar-refractivity contribution in [1.82, 2.24) is 15.5 Å². The van der Waals surface area contributed by atoms with E-state index in [-0.39, 0.29) is 30.7 Å². The van der Waals surface area contributed by atoms with Gasteiger partial charge in [0.05, 0.1) is 6.54 Å². The minimum Gasteiger partial charge on any atom is -0.354 e. The summed E-state index contributed by atoms with van der Waals surface area (Å²) >= 11 is 0. The highest BCUT2D eigenvalue weighted by Crippen LogP contribution is 2.14. The van der Waals surface area contributed by atoms with Gasteiger partial charge in [-0.05, 0) is 44.8 Å². The second kappa shape index (κ2) is 8.97. The van der Waals surface area contributed by atoms with E-state index in [0.717, 1.165) is 25.6 Å². The van der Waals surface area contributed by atoms with Crippen molar-refractivity contribution >= 4 is 30.7 Å². The lowest BCUT2D eigenvalue weighted by Gasteiger charge is -2.29. The number of hydrogen-bond donors (Lipinski definition) is 2. The minimum atomic E-state index is 0. The van der Waals surface area contributed by atoms with Crippen LogP contribution >= 0.6 is 24.8 Å². The van der Waals surface area contributed by atoms with Crippen molar-refractivity contribution in [2.75, 3.05) is 39.3 Å². The zero-order valence-corrected chi connectivity index (χ0v) is 11.7. The monoisotopic (exact) mass is 283 g/mol. The quantitative estimate of drug-likeness (QED) is 0.800. The summed E-state index contributed by atoms with van der Waals surface area (Å²) in [6.07, 6.45) is 3.90. The first-order valence-corrected chi connectivity index (χ1v) is 6.04. The molecule has 0 bridgehead atoms. The Labute approximate surface area is 116 Å². The van der Waals surface area contributed by atoms with E-state index in [2.05, 4.69) is 15.5 Å². The van der Waals surface area contributed by atoms with Crippen LogP contribution in [0.2, 0.25) is 0 Å². The fourth-order valence-electron chi connectivity index (χ4n) is 2.42. The number of halogens is 2. The van der Waals surface area contributed by atoms with Gasteiger partial charge >= 0.3 is 0 Å². The Hall–Kier alpha value is -0.0300. The van der Waals surface area contributed by atoms with E-state index in [4.69, 9.17) is 0 Å². The smallest absolute Gasteiger partial charge is 0.234 e. The third-order valence-corrected chi connectivity index (χ3v) is 3.37. The number of amides is 1. The van der Waals surface area contributed by atoms with E-state index in [1.807, 2.05) is 0 Å². The number of carbonyl (C=O) groups excluding carboxylic acids is 1. The molecule has 2 aliphatic heterocycles. The number of piperidine rings is 1. The van der Waals surface area contributed by atoms with Crippen LogP contribution in [-0.2, 0) is 4.79 Å². The highest BCUT2D eigenvalue weighted by atomic mass is 35.5. The first kappa shape index (κ1) is 17.0. The first-order valence-electron chi connectivity index (χ1n) is 6.04. The fraction of sp³-hybridized carbons (Fsp3) is 0.909. The van der Waals surface area contributed by atoms with Crippen LogP contribution in [0.4, 0.5) is 0 Å². The predicted octanol–water partition coefficient (Wildman–Crippen LogP) is 0.651. The summed E-state index contributed by atoms with van der Waals surface area (Å²) in [5.74, 6) is 1.01. The van der Waals surface area contributed by atoms with Crippen molar-refractivity contribution in [2.24, 2.45) is 5.92 Å². The van der Waals surface area contributed by atoms with Crippen molar-refractivity contribution in [3.8, 4) is 0 Å². The lowest BCUT2D eigenvalue weighted by Crippen LogP contribution is -2.48. The molecule has 0 aliphatic carbocycles. The Morgan fingerprint density at radius 1 is 1.29 bits per heavy atom. The Balaban J connectivity index is 0.00000128. The van der Waals surface area contributed by atoms with Crippen LogP contribution in [0, 0.1) is 5.92 Å². The molecule has 102 valence electrons. The third kappa shape index (κ3) is 5.91. The van der Waals surface area contributed by atoms with Crippen molar-refractivity contribution in [1.29, 1.82) is 0 Å². The molecule has 2 heterocycles. The highest BCUT2D eigenvalue weighted by molar-refractivity contribution is 5.85. The topological polar surface area (TPSA) is 44.4 Å². The largest absolute Gasteiger partial charge is 0.354 e. The summed E-state index contributed by atoms with van der Waals surface area (Å²) < 4.78 is 0. The maximum absolute atomic E-state index is 11.2. The van der Waals surface area contributed by atoms with Crippen LogP contribution in [0.5, 0.6) is 0 Å². The maximum Gasteiger partial charge on any atom is 0.234 e. The fourth-order valence-corrected chi connectivity index (χ4v) is 2.42. The van der Waals surface area contributed by atoms with E-state index in [0.29, 0.717) is 6.54 Å². The maximum atomic E-state index is 11.2. The second-order valence-electron chi connectivity index (χ2n) is 4.63. The Kier molecular flexibility index (Phi) is 8.96. The summed E-state index contributed by atoms with van der Waals surface area (Å²) in [5.41, 5.74) is 0. The lowest BCUT2D eigenvalue weighted by atomic mass is 9.96. The molecule has 4 nitrogen and oxygen atoms in total. The summed E-state index contributed by atoms with van der Waals surface area (Å²) in [4.78, 5) is 13.4. The van der Waals surface area contributed by atoms with Crippen molar-refractivity contribution < 1.29 is 4.79 Å². The lowest BCUT2D eigenvalue weighted by molar-refractivity contribution is -0.124. The zero-order chi connectivity index (χ0) is 10.5. The van der Waals surface area contributed by atoms with Crippen LogP contribution in [0.25, 0.3) is 0 Å². The number of carbonyl (C=O) groups is 1. The molecule has 1 unspecified atom stereocenters. The average molecular weight is 284 g/mol. The SMILES string of the molecule is Cl.Cl.O=C1CN(CCC2CCCNC2)CCN1. The standard InChI is InChI=1S/C11H21N3O.2ClH/c15-11-9-14(7-5-13-11)6-3-10-2-1-4-12-8-10;;/h10,12H,1-9H2,(H,13,15);2*1H. The minimum absolute atomic E-state index is 0. The first-order chi connectivity index (χ1) is 7.34. The van der Waals surface area contributed by atoms with Gasteiger partial charge in [-0.15, -0.1) is 24.8 Å². The van der Waals surface area contributed by atoms with Gasteiger partial charge < -0.3 is 10.6 Å². The molecule has 2 fully saturated rings. The number of rotatable bonds is 3. The summed E-state index contributed by atoms with van der Waals surface area (Å²) in [6, 6.07) is 0. The molecule has 2 saturated heterocycles. The van der Waals surface area contributed by atoms with E-state index in [9.17, 15) is 4.79 Å². The van der Waals surface area contributed by atoms with Gasteiger partial charge in [-0.1, -0.05) is 0 Å². The molecule has 0 aromatic carbocycles. The van der Waals surface area contributed by atoms with Crippen molar-refractivity contribution in [3.63, 3.8) is 0 Å². The molecule has 1 amide bonds. The molecule has 2 rings (SSSR count). The predicted molar refractivity (Wildman–Crippen MR) is 74.2 cm³/mol. The Morgan fingerprint density at radius 3 is 2.76 bits per heavy atom. The molecule has 2 N–H and O–H groups in total.